The lowest BCUT2D eigenvalue weighted by atomic mass is 10.2. The van der Waals surface area contributed by atoms with E-state index >= 15 is 0 Å². The molecule has 2 aromatic rings. The van der Waals surface area contributed by atoms with Crippen molar-refractivity contribution >= 4 is 15.9 Å². The number of nitrogens with zero attached hydrogens (tertiary/aromatic N) is 1. The van der Waals surface area contributed by atoms with Gasteiger partial charge >= 0.3 is 0 Å². The topological polar surface area (TPSA) is 79.6 Å². The number of rotatable bonds is 7. The average molecular weight is 376 g/mol. The van der Waals surface area contributed by atoms with Gasteiger partial charge in [-0.3, -0.25) is 4.79 Å². The molecule has 1 aliphatic heterocycles. The highest BCUT2D eigenvalue weighted by molar-refractivity contribution is 7.89. The van der Waals surface area contributed by atoms with Crippen molar-refractivity contribution in [1.29, 1.82) is 0 Å². The van der Waals surface area contributed by atoms with Gasteiger partial charge in [-0.1, -0.05) is 12.5 Å². The van der Waals surface area contributed by atoms with Crippen molar-refractivity contribution in [1.82, 2.24) is 9.62 Å². The summed E-state index contributed by atoms with van der Waals surface area (Å²) in [5.41, 5.74) is 0.362. The van der Waals surface area contributed by atoms with E-state index in [0.717, 1.165) is 37.9 Å². The zero-order valence-electron chi connectivity index (χ0n) is 14.7. The second kappa shape index (κ2) is 8.51. The van der Waals surface area contributed by atoms with Crippen molar-refractivity contribution in [3.05, 3.63) is 54.0 Å². The van der Waals surface area contributed by atoms with Gasteiger partial charge in [0.15, 0.2) is 0 Å². The summed E-state index contributed by atoms with van der Waals surface area (Å²) in [5.74, 6) is 0.619. The van der Waals surface area contributed by atoms with Gasteiger partial charge in [0.25, 0.3) is 5.91 Å². The van der Waals surface area contributed by atoms with Crippen LogP contribution in [0.15, 0.2) is 52.0 Å². The number of nitrogens with one attached hydrogen (secondary N) is 1. The number of carbonyl (C=O) groups excluding carboxylic acids is 1. The molecule has 1 saturated heterocycles. The molecule has 1 amide bonds. The van der Waals surface area contributed by atoms with E-state index in [0.29, 0.717) is 25.2 Å². The first-order valence-electron chi connectivity index (χ1n) is 8.98. The number of hydrogen-bond donors (Lipinski definition) is 1. The van der Waals surface area contributed by atoms with Gasteiger partial charge in [-0.25, -0.2) is 8.42 Å². The number of carbonyl (C=O) groups is 1. The van der Waals surface area contributed by atoms with Gasteiger partial charge < -0.3 is 9.73 Å². The van der Waals surface area contributed by atoms with Crippen LogP contribution in [0, 0.1) is 0 Å². The first kappa shape index (κ1) is 18.7. The lowest BCUT2D eigenvalue weighted by Crippen LogP contribution is -2.35. The average Bonchev–Trinajstić information content (AvgIpc) is 3.19. The number of sulfonamides is 1. The van der Waals surface area contributed by atoms with Crippen molar-refractivity contribution in [3.8, 4) is 0 Å². The Kier molecular flexibility index (Phi) is 6.11. The Hall–Kier alpha value is -2.12. The van der Waals surface area contributed by atoms with E-state index in [2.05, 4.69) is 5.32 Å². The van der Waals surface area contributed by atoms with Crippen molar-refractivity contribution < 1.29 is 17.6 Å². The van der Waals surface area contributed by atoms with Gasteiger partial charge in [0.1, 0.15) is 5.76 Å². The van der Waals surface area contributed by atoms with Crippen LogP contribution in [0.3, 0.4) is 0 Å². The van der Waals surface area contributed by atoms with E-state index in [1.165, 1.54) is 10.4 Å². The smallest absolute Gasteiger partial charge is 0.251 e. The number of aryl methyl sites for hydroxylation is 1. The minimum Gasteiger partial charge on any atom is -0.469 e. The summed E-state index contributed by atoms with van der Waals surface area (Å²) in [6.45, 7) is 1.60. The number of furan rings is 1. The van der Waals surface area contributed by atoms with E-state index < -0.39 is 10.0 Å². The number of piperidine rings is 1. The highest BCUT2D eigenvalue weighted by atomic mass is 32.2. The van der Waals surface area contributed by atoms with Crippen LogP contribution >= 0.6 is 0 Å². The summed E-state index contributed by atoms with van der Waals surface area (Å²) in [5, 5.41) is 2.83. The van der Waals surface area contributed by atoms with Gasteiger partial charge in [-0.05, 0) is 49.6 Å². The fourth-order valence-corrected chi connectivity index (χ4v) is 4.64. The minimum absolute atomic E-state index is 0.183. The molecule has 1 N–H and O–H groups in total. The number of amides is 1. The normalized spacial score (nSPS) is 15.7. The fraction of sp³-hybridized carbons (Fsp3) is 0.421. The maximum absolute atomic E-state index is 12.7. The molecule has 3 rings (SSSR count). The molecule has 0 aliphatic carbocycles. The first-order valence-corrected chi connectivity index (χ1v) is 10.4. The molecule has 0 atom stereocenters. The lowest BCUT2D eigenvalue weighted by molar-refractivity contribution is 0.0953. The Bertz CT molecular complexity index is 825. The second-order valence-corrected chi connectivity index (χ2v) is 8.37. The Morgan fingerprint density at radius 3 is 2.65 bits per heavy atom. The van der Waals surface area contributed by atoms with Gasteiger partial charge in [0.2, 0.25) is 10.0 Å². The van der Waals surface area contributed by atoms with Crippen LogP contribution in [0.2, 0.25) is 0 Å². The number of hydrogen-bond acceptors (Lipinski definition) is 4. The maximum atomic E-state index is 12.7. The maximum Gasteiger partial charge on any atom is 0.251 e. The monoisotopic (exact) mass is 376 g/mol. The predicted molar refractivity (Wildman–Crippen MR) is 98.4 cm³/mol. The summed E-state index contributed by atoms with van der Waals surface area (Å²) >= 11 is 0. The third-order valence-corrected chi connectivity index (χ3v) is 6.41. The molecular formula is C19H24N2O4S. The number of benzene rings is 1. The zero-order valence-corrected chi connectivity index (χ0v) is 15.5. The predicted octanol–water partition coefficient (Wildman–Crippen LogP) is 2.82. The third kappa shape index (κ3) is 4.53. The lowest BCUT2D eigenvalue weighted by Gasteiger charge is -2.26. The van der Waals surface area contributed by atoms with Crippen molar-refractivity contribution in [3.63, 3.8) is 0 Å². The molecular weight excluding hydrogens is 352 g/mol. The Morgan fingerprint density at radius 1 is 1.12 bits per heavy atom. The van der Waals surface area contributed by atoms with E-state index in [1.807, 2.05) is 12.1 Å². The fourth-order valence-electron chi connectivity index (χ4n) is 3.07. The van der Waals surface area contributed by atoms with Gasteiger partial charge in [-0.2, -0.15) is 4.31 Å². The highest BCUT2D eigenvalue weighted by Gasteiger charge is 2.26. The summed E-state index contributed by atoms with van der Waals surface area (Å²) in [7, 11) is -3.53. The van der Waals surface area contributed by atoms with Crippen molar-refractivity contribution in [2.75, 3.05) is 19.6 Å². The molecule has 6 nitrogen and oxygen atoms in total. The largest absolute Gasteiger partial charge is 0.469 e. The molecule has 140 valence electrons. The molecule has 0 spiro atoms. The molecule has 1 aromatic heterocycles. The van der Waals surface area contributed by atoms with Crippen LogP contribution in [0.1, 0.15) is 41.8 Å². The molecule has 1 fully saturated rings. The zero-order chi connectivity index (χ0) is 18.4. The van der Waals surface area contributed by atoms with Gasteiger partial charge in [-0.15, -0.1) is 0 Å². The molecule has 26 heavy (non-hydrogen) atoms. The summed E-state index contributed by atoms with van der Waals surface area (Å²) in [6, 6.07) is 10.0. The van der Waals surface area contributed by atoms with E-state index in [-0.39, 0.29) is 10.8 Å². The first-order chi connectivity index (χ1) is 12.6. The van der Waals surface area contributed by atoms with Crippen LogP contribution in [-0.4, -0.2) is 38.3 Å². The summed E-state index contributed by atoms with van der Waals surface area (Å²) in [6.07, 6.45) is 5.96. The summed E-state index contributed by atoms with van der Waals surface area (Å²) < 4.78 is 32.2. The standard InChI is InChI=1S/C19H24N2O4S/c22-19(20-11-5-8-17-9-6-14-25-17)16-7-4-10-18(15-16)26(23,24)21-12-2-1-3-13-21/h4,6-7,9-10,14-15H,1-3,5,8,11-13H2,(H,20,22). The van der Waals surface area contributed by atoms with Crippen molar-refractivity contribution in [2.45, 2.75) is 37.0 Å². The van der Waals surface area contributed by atoms with Crippen LogP contribution in [-0.2, 0) is 16.4 Å². The Balaban J connectivity index is 1.59. The van der Waals surface area contributed by atoms with Gasteiger partial charge in [0, 0.05) is 31.6 Å². The van der Waals surface area contributed by atoms with E-state index in [9.17, 15) is 13.2 Å². The quantitative estimate of drug-likeness (QED) is 0.754. The molecule has 2 heterocycles. The molecule has 1 aromatic carbocycles. The minimum atomic E-state index is -3.53. The second-order valence-electron chi connectivity index (χ2n) is 6.43. The highest BCUT2D eigenvalue weighted by Crippen LogP contribution is 2.21. The van der Waals surface area contributed by atoms with Crippen LogP contribution < -0.4 is 5.32 Å². The van der Waals surface area contributed by atoms with Crippen LogP contribution in [0.4, 0.5) is 0 Å². The Morgan fingerprint density at radius 2 is 1.92 bits per heavy atom. The molecule has 1 aliphatic rings. The van der Waals surface area contributed by atoms with E-state index in [1.54, 1.807) is 24.5 Å². The molecule has 0 saturated carbocycles. The molecule has 0 radical (unpaired) electrons. The van der Waals surface area contributed by atoms with E-state index in [4.69, 9.17) is 4.42 Å². The SMILES string of the molecule is O=C(NCCCc1ccco1)c1cccc(S(=O)(=O)N2CCCCC2)c1. The third-order valence-electron chi connectivity index (χ3n) is 4.51. The van der Waals surface area contributed by atoms with Crippen LogP contribution in [0.5, 0.6) is 0 Å². The van der Waals surface area contributed by atoms with Gasteiger partial charge in [0.05, 0.1) is 11.2 Å². The molecule has 0 unspecified atom stereocenters. The summed E-state index contributed by atoms with van der Waals surface area (Å²) in [4.78, 5) is 12.5. The Labute approximate surface area is 154 Å². The molecule has 0 bridgehead atoms. The van der Waals surface area contributed by atoms with Crippen LogP contribution in [0.25, 0.3) is 0 Å². The molecule has 7 heteroatoms. The van der Waals surface area contributed by atoms with Crippen molar-refractivity contribution in [2.24, 2.45) is 0 Å².